The molecule has 0 aliphatic rings. The third kappa shape index (κ3) is 3.41. The summed E-state index contributed by atoms with van der Waals surface area (Å²) in [5.41, 5.74) is 1.87. The predicted molar refractivity (Wildman–Crippen MR) is 98.0 cm³/mol. The number of amides is 1. The normalized spacial score (nSPS) is 12.1. The minimum Gasteiger partial charge on any atom is -0.348 e. The van der Waals surface area contributed by atoms with Crippen molar-refractivity contribution < 1.29 is 4.79 Å². The Kier molecular flexibility index (Phi) is 4.81. The zero-order valence-corrected chi connectivity index (χ0v) is 14.7. The van der Waals surface area contributed by atoms with Crippen LogP contribution in [0.4, 0.5) is 0 Å². The Morgan fingerprint density at radius 3 is 2.38 bits per heavy atom. The Morgan fingerprint density at radius 1 is 1.00 bits per heavy atom. The van der Waals surface area contributed by atoms with Crippen molar-refractivity contribution in [2.24, 2.45) is 0 Å². The summed E-state index contributed by atoms with van der Waals surface area (Å²) in [5.74, 6) is 0.756. The van der Waals surface area contributed by atoms with Gasteiger partial charge in [-0.25, -0.2) is 9.97 Å². The van der Waals surface area contributed by atoms with Crippen molar-refractivity contribution in [3.05, 3.63) is 66.0 Å². The van der Waals surface area contributed by atoms with Crippen LogP contribution in [0.2, 0.25) is 0 Å². The van der Waals surface area contributed by atoms with E-state index in [0.717, 1.165) is 21.5 Å². The van der Waals surface area contributed by atoms with Gasteiger partial charge in [0.2, 0.25) is 5.91 Å². The summed E-state index contributed by atoms with van der Waals surface area (Å²) in [4.78, 5) is 23.4. The molecule has 4 nitrogen and oxygen atoms in total. The Hall–Kier alpha value is -2.40. The molecule has 5 heteroatoms. The lowest BCUT2D eigenvalue weighted by Gasteiger charge is -2.20. The van der Waals surface area contributed by atoms with E-state index in [9.17, 15) is 4.79 Å². The largest absolute Gasteiger partial charge is 0.348 e. The molecule has 0 fully saturated rings. The second-order valence-corrected chi connectivity index (χ2v) is 6.83. The van der Waals surface area contributed by atoms with Gasteiger partial charge in [0.05, 0.1) is 5.52 Å². The van der Waals surface area contributed by atoms with Gasteiger partial charge in [-0.3, -0.25) is 4.79 Å². The van der Waals surface area contributed by atoms with Gasteiger partial charge in [0.15, 0.2) is 0 Å². The van der Waals surface area contributed by atoms with Gasteiger partial charge in [0, 0.05) is 19.5 Å². The van der Waals surface area contributed by atoms with Crippen molar-refractivity contribution in [1.82, 2.24) is 14.9 Å². The summed E-state index contributed by atoms with van der Waals surface area (Å²) in [6, 6.07) is 17.7. The quantitative estimate of drug-likeness (QED) is 0.536. The van der Waals surface area contributed by atoms with E-state index < -0.39 is 0 Å². The highest BCUT2D eigenvalue weighted by atomic mass is 32.2. The van der Waals surface area contributed by atoms with Crippen molar-refractivity contribution in [3.63, 3.8) is 0 Å². The van der Waals surface area contributed by atoms with Crippen molar-refractivity contribution in [2.45, 2.75) is 17.2 Å². The maximum atomic E-state index is 12.7. The molecule has 1 aromatic heterocycles. The van der Waals surface area contributed by atoms with Crippen LogP contribution in [0.25, 0.3) is 10.9 Å². The molecule has 0 unspecified atom stereocenters. The van der Waals surface area contributed by atoms with Crippen LogP contribution < -0.4 is 0 Å². The van der Waals surface area contributed by atoms with Crippen LogP contribution in [0.3, 0.4) is 0 Å². The fourth-order valence-corrected chi connectivity index (χ4v) is 3.80. The molecule has 1 heterocycles. The molecule has 2 aromatic carbocycles. The number of aryl methyl sites for hydroxylation is 1. The summed E-state index contributed by atoms with van der Waals surface area (Å²) >= 11 is 1.48. The molecule has 24 heavy (non-hydrogen) atoms. The number of aromatic nitrogens is 2. The highest BCUT2D eigenvalue weighted by Gasteiger charge is 2.25. The molecule has 0 bridgehead atoms. The van der Waals surface area contributed by atoms with E-state index >= 15 is 0 Å². The Bertz CT molecular complexity index is 865. The van der Waals surface area contributed by atoms with Crippen LogP contribution in [0.15, 0.2) is 59.6 Å². The number of carbonyl (C=O) groups is 1. The first-order chi connectivity index (χ1) is 11.6. The molecule has 3 aromatic rings. The van der Waals surface area contributed by atoms with E-state index in [0.29, 0.717) is 5.82 Å². The van der Waals surface area contributed by atoms with Crippen LogP contribution in [-0.2, 0) is 4.79 Å². The van der Waals surface area contributed by atoms with Gasteiger partial charge in [-0.15, -0.1) is 0 Å². The summed E-state index contributed by atoms with van der Waals surface area (Å²) < 4.78 is 0. The van der Waals surface area contributed by atoms with Gasteiger partial charge in [0.1, 0.15) is 16.1 Å². The van der Waals surface area contributed by atoms with Crippen molar-refractivity contribution in [2.75, 3.05) is 14.1 Å². The average Bonchev–Trinajstić information content (AvgIpc) is 2.59. The van der Waals surface area contributed by atoms with E-state index in [1.54, 1.807) is 19.0 Å². The third-order valence-corrected chi connectivity index (χ3v) is 4.92. The molecule has 3 rings (SSSR count). The molecule has 0 saturated heterocycles. The Balaban J connectivity index is 2.07. The zero-order chi connectivity index (χ0) is 17.1. The van der Waals surface area contributed by atoms with Crippen LogP contribution in [0, 0.1) is 6.92 Å². The average molecular weight is 337 g/mol. The number of nitrogens with zero attached hydrogens (tertiary/aromatic N) is 3. The fraction of sp³-hybridized carbons (Fsp3) is 0.211. The van der Waals surface area contributed by atoms with E-state index in [4.69, 9.17) is 0 Å². The molecule has 1 atom stereocenters. The number of likely N-dealkylation sites (N-methyl/N-ethyl adjacent to an activating group) is 1. The maximum absolute atomic E-state index is 12.7. The predicted octanol–water partition coefficient (Wildman–Crippen LogP) is 3.86. The van der Waals surface area contributed by atoms with E-state index in [1.807, 2.05) is 61.5 Å². The molecule has 0 N–H and O–H groups in total. The molecular formula is C19H19N3OS. The van der Waals surface area contributed by atoms with Crippen LogP contribution >= 0.6 is 11.8 Å². The van der Waals surface area contributed by atoms with Crippen molar-refractivity contribution in [3.8, 4) is 0 Å². The third-order valence-electron chi connectivity index (χ3n) is 3.68. The van der Waals surface area contributed by atoms with Gasteiger partial charge < -0.3 is 4.90 Å². The van der Waals surface area contributed by atoms with Crippen LogP contribution in [0.1, 0.15) is 16.6 Å². The van der Waals surface area contributed by atoms with Gasteiger partial charge in [-0.1, -0.05) is 60.3 Å². The number of hydrogen-bond donors (Lipinski definition) is 0. The monoisotopic (exact) mass is 337 g/mol. The first-order valence-corrected chi connectivity index (χ1v) is 8.60. The highest BCUT2D eigenvalue weighted by Crippen LogP contribution is 2.38. The summed E-state index contributed by atoms with van der Waals surface area (Å²) in [5, 5.41) is 1.47. The maximum Gasteiger partial charge on any atom is 0.240 e. The van der Waals surface area contributed by atoms with E-state index in [2.05, 4.69) is 9.97 Å². The molecule has 0 radical (unpaired) electrons. The molecule has 1 amide bonds. The molecule has 0 aliphatic heterocycles. The summed E-state index contributed by atoms with van der Waals surface area (Å²) in [7, 11) is 3.56. The smallest absolute Gasteiger partial charge is 0.240 e. The Morgan fingerprint density at radius 2 is 1.67 bits per heavy atom. The number of rotatable bonds is 4. The molecular weight excluding hydrogens is 318 g/mol. The number of hydrogen-bond acceptors (Lipinski definition) is 4. The molecule has 0 saturated carbocycles. The lowest BCUT2D eigenvalue weighted by molar-refractivity contribution is -0.128. The SMILES string of the molecule is Cc1nc(S[C@@H](C(=O)N(C)C)c2ccccc2)c2ccccc2n1. The number of benzene rings is 2. The Labute approximate surface area is 145 Å². The lowest BCUT2D eigenvalue weighted by atomic mass is 10.1. The fourth-order valence-electron chi connectivity index (χ4n) is 2.48. The number of para-hydroxylation sites is 1. The summed E-state index contributed by atoms with van der Waals surface area (Å²) in [6.45, 7) is 1.88. The topological polar surface area (TPSA) is 46.1 Å². The lowest BCUT2D eigenvalue weighted by Crippen LogP contribution is -2.26. The summed E-state index contributed by atoms with van der Waals surface area (Å²) in [6.07, 6.45) is 0. The minimum atomic E-state index is -0.334. The highest BCUT2D eigenvalue weighted by molar-refractivity contribution is 8.00. The minimum absolute atomic E-state index is 0.0477. The van der Waals surface area contributed by atoms with Crippen LogP contribution in [-0.4, -0.2) is 34.9 Å². The van der Waals surface area contributed by atoms with Crippen molar-refractivity contribution >= 4 is 28.6 Å². The van der Waals surface area contributed by atoms with Gasteiger partial charge in [0.25, 0.3) is 0 Å². The van der Waals surface area contributed by atoms with Gasteiger partial charge in [-0.2, -0.15) is 0 Å². The second kappa shape index (κ2) is 7.01. The molecule has 122 valence electrons. The zero-order valence-electron chi connectivity index (χ0n) is 13.9. The number of carbonyl (C=O) groups excluding carboxylic acids is 1. The second-order valence-electron chi connectivity index (χ2n) is 5.73. The molecule has 0 spiro atoms. The van der Waals surface area contributed by atoms with Gasteiger partial charge >= 0.3 is 0 Å². The standard InChI is InChI=1S/C19H19N3OS/c1-13-20-16-12-8-7-11-15(16)18(21-13)24-17(19(23)22(2)3)14-9-5-4-6-10-14/h4-12,17H,1-3H3/t17-/m1/s1. The first-order valence-electron chi connectivity index (χ1n) is 7.72. The van der Waals surface area contributed by atoms with Crippen molar-refractivity contribution in [1.29, 1.82) is 0 Å². The van der Waals surface area contributed by atoms with E-state index in [1.165, 1.54) is 11.8 Å². The van der Waals surface area contributed by atoms with E-state index in [-0.39, 0.29) is 11.2 Å². The van der Waals surface area contributed by atoms with Gasteiger partial charge in [-0.05, 0) is 18.6 Å². The number of fused-ring (bicyclic) bond motifs is 1. The first kappa shape index (κ1) is 16.5. The number of thioether (sulfide) groups is 1. The van der Waals surface area contributed by atoms with Crippen LogP contribution in [0.5, 0.6) is 0 Å². The molecule has 0 aliphatic carbocycles.